The average molecular weight is 388 g/mol. The first kappa shape index (κ1) is 19.7. The molecular weight excluding hydrogens is 367 g/mol. The summed E-state index contributed by atoms with van der Waals surface area (Å²) in [5.74, 6) is -0.613. The van der Waals surface area contributed by atoms with Gasteiger partial charge < -0.3 is 14.6 Å². The van der Waals surface area contributed by atoms with Crippen molar-refractivity contribution >= 4 is 17.0 Å². The van der Waals surface area contributed by atoms with Crippen molar-refractivity contribution in [2.45, 2.75) is 26.3 Å². The number of fused-ring (bicyclic) bond motifs is 1. The second kappa shape index (κ2) is 9.23. The van der Waals surface area contributed by atoms with Crippen LogP contribution in [0.1, 0.15) is 19.8 Å². The topological polar surface area (TPSA) is 99.2 Å². The third-order valence-electron chi connectivity index (χ3n) is 4.13. The molecule has 1 amide bonds. The van der Waals surface area contributed by atoms with E-state index in [1.807, 2.05) is 6.92 Å². The van der Waals surface area contributed by atoms with E-state index in [-0.39, 0.29) is 35.7 Å². The van der Waals surface area contributed by atoms with Crippen LogP contribution >= 0.6 is 0 Å². The predicted molar refractivity (Wildman–Crippen MR) is 100 cm³/mol. The van der Waals surface area contributed by atoms with Gasteiger partial charge in [-0.3, -0.25) is 14.2 Å². The number of aromatic nitrogens is 3. The number of carbonyl (C=O) groups excluding carboxylic acids is 1. The molecule has 0 radical (unpaired) electrons. The molecule has 1 N–H and O–H groups in total. The summed E-state index contributed by atoms with van der Waals surface area (Å²) >= 11 is 0. The van der Waals surface area contributed by atoms with Gasteiger partial charge in [0.1, 0.15) is 23.2 Å². The Hall–Kier alpha value is -3.07. The number of nitrogens with zero attached hydrogens (tertiary/aromatic N) is 3. The molecule has 0 spiro atoms. The molecule has 8 nitrogen and oxygen atoms in total. The van der Waals surface area contributed by atoms with Gasteiger partial charge in [0, 0.05) is 38.3 Å². The maximum absolute atomic E-state index is 13.5. The Labute approximate surface area is 160 Å². The standard InChI is InChI=1S/C19H21FN4O4/c1-2-27-10-4-8-21-15(25)7-9-24-12-22-18-16(19(24)26)17(23-28-18)13-5-3-6-14(20)11-13/h3,5-6,11-12H,2,4,7-10H2,1H3,(H,21,25). The normalized spacial score (nSPS) is 11.1. The van der Waals surface area contributed by atoms with Crippen molar-refractivity contribution in [2.24, 2.45) is 0 Å². The predicted octanol–water partition coefficient (Wildman–Crippen LogP) is 2.12. The van der Waals surface area contributed by atoms with E-state index >= 15 is 0 Å². The Morgan fingerprint density at radius 3 is 3.04 bits per heavy atom. The van der Waals surface area contributed by atoms with Crippen molar-refractivity contribution in [3.05, 3.63) is 46.8 Å². The summed E-state index contributed by atoms with van der Waals surface area (Å²) < 4.78 is 25.1. The number of hydrogen-bond acceptors (Lipinski definition) is 6. The molecule has 3 aromatic rings. The molecule has 0 fully saturated rings. The maximum Gasteiger partial charge on any atom is 0.266 e. The zero-order valence-electron chi connectivity index (χ0n) is 15.5. The minimum atomic E-state index is -0.445. The van der Waals surface area contributed by atoms with Gasteiger partial charge in [-0.1, -0.05) is 17.3 Å². The molecule has 0 aliphatic heterocycles. The number of aryl methyl sites for hydroxylation is 1. The zero-order valence-corrected chi connectivity index (χ0v) is 15.5. The van der Waals surface area contributed by atoms with E-state index in [2.05, 4.69) is 15.5 Å². The monoisotopic (exact) mass is 388 g/mol. The number of hydrogen-bond donors (Lipinski definition) is 1. The summed E-state index contributed by atoms with van der Waals surface area (Å²) in [5, 5.41) is 6.80. The summed E-state index contributed by atoms with van der Waals surface area (Å²) in [6.45, 7) is 3.82. The molecule has 0 aliphatic rings. The van der Waals surface area contributed by atoms with Crippen LogP contribution < -0.4 is 10.9 Å². The smallest absolute Gasteiger partial charge is 0.266 e. The Balaban J connectivity index is 1.71. The van der Waals surface area contributed by atoms with Crippen molar-refractivity contribution in [1.82, 2.24) is 20.0 Å². The highest BCUT2D eigenvalue weighted by atomic mass is 19.1. The largest absolute Gasteiger partial charge is 0.382 e. The van der Waals surface area contributed by atoms with E-state index in [1.54, 1.807) is 6.07 Å². The Morgan fingerprint density at radius 1 is 1.39 bits per heavy atom. The van der Waals surface area contributed by atoms with E-state index in [4.69, 9.17) is 9.26 Å². The Bertz CT molecular complexity index is 1010. The molecule has 0 saturated heterocycles. The number of carbonyl (C=O) groups is 1. The van der Waals surface area contributed by atoms with Crippen LogP contribution in [0.2, 0.25) is 0 Å². The molecule has 0 bridgehead atoms. The van der Waals surface area contributed by atoms with E-state index in [1.165, 1.54) is 29.1 Å². The van der Waals surface area contributed by atoms with Crippen molar-refractivity contribution in [3.63, 3.8) is 0 Å². The van der Waals surface area contributed by atoms with Crippen molar-refractivity contribution in [2.75, 3.05) is 19.8 Å². The SMILES string of the molecule is CCOCCCNC(=O)CCn1cnc2onc(-c3cccc(F)c3)c2c1=O. The summed E-state index contributed by atoms with van der Waals surface area (Å²) in [7, 11) is 0. The number of rotatable bonds is 9. The van der Waals surface area contributed by atoms with Gasteiger partial charge in [-0.15, -0.1) is 0 Å². The van der Waals surface area contributed by atoms with E-state index in [0.29, 0.717) is 25.3 Å². The van der Waals surface area contributed by atoms with Crippen LogP contribution in [0, 0.1) is 5.82 Å². The first-order valence-corrected chi connectivity index (χ1v) is 9.05. The molecule has 0 saturated carbocycles. The van der Waals surface area contributed by atoms with Gasteiger partial charge in [-0.25, -0.2) is 9.37 Å². The number of benzene rings is 1. The molecule has 2 heterocycles. The third kappa shape index (κ3) is 4.61. The summed E-state index contributed by atoms with van der Waals surface area (Å²) in [6, 6.07) is 5.72. The summed E-state index contributed by atoms with van der Waals surface area (Å²) in [6.07, 6.45) is 2.17. The highest BCUT2D eigenvalue weighted by Gasteiger charge is 2.17. The van der Waals surface area contributed by atoms with Crippen LogP contribution in [0.3, 0.4) is 0 Å². The second-order valence-electron chi connectivity index (χ2n) is 6.12. The molecule has 28 heavy (non-hydrogen) atoms. The lowest BCUT2D eigenvalue weighted by Gasteiger charge is -2.07. The summed E-state index contributed by atoms with van der Waals surface area (Å²) in [5.41, 5.74) is 0.319. The fourth-order valence-electron chi connectivity index (χ4n) is 2.73. The molecule has 9 heteroatoms. The van der Waals surface area contributed by atoms with Crippen LogP contribution in [0.4, 0.5) is 4.39 Å². The molecule has 1 aromatic carbocycles. The minimum absolute atomic E-state index is 0.0703. The van der Waals surface area contributed by atoms with Crippen molar-refractivity contribution in [3.8, 4) is 11.3 Å². The second-order valence-corrected chi connectivity index (χ2v) is 6.12. The van der Waals surface area contributed by atoms with Gasteiger partial charge in [0.25, 0.3) is 11.3 Å². The first-order chi connectivity index (χ1) is 13.6. The molecular formula is C19H21FN4O4. The van der Waals surface area contributed by atoms with Gasteiger partial charge in [-0.2, -0.15) is 0 Å². The van der Waals surface area contributed by atoms with E-state index in [9.17, 15) is 14.0 Å². The molecule has 148 valence electrons. The quantitative estimate of drug-likeness (QED) is 0.564. The van der Waals surface area contributed by atoms with Gasteiger partial charge in [-0.05, 0) is 25.5 Å². The molecule has 0 aliphatic carbocycles. The van der Waals surface area contributed by atoms with Crippen LogP contribution in [0.15, 0.2) is 39.9 Å². The minimum Gasteiger partial charge on any atom is -0.382 e. The lowest BCUT2D eigenvalue weighted by atomic mass is 10.1. The fourth-order valence-corrected chi connectivity index (χ4v) is 2.73. The molecule has 0 atom stereocenters. The van der Waals surface area contributed by atoms with Crippen LogP contribution in [0.25, 0.3) is 22.4 Å². The van der Waals surface area contributed by atoms with E-state index < -0.39 is 11.4 Å². The lowest BCUT2D eigenvalue weighted by molar-refractivity contribution is -0.121. The number of nitrogens with one attached hydrogen (secondary N) is 1. The fraction of sp³-hybridized carbons (Fsp3) is 0.368. The highest BCUT2D eigenvalue weighted by molar-refractivity contribution is 5.88. The number of ether oxygens (including phenoxy) is 1. The zero-order chi connectivity index (χ0) is 19.9. The Kier molecular flexibility index (Phi) is 6.49. The molecule has 3 rings (SSSR count). The van der Waals surface area contributed by atoms with E-state index in [0.717, 1.165) is 6.42 Å². The number of halogens is 1. The first-order valence-electron chi connectivity index (χ1n) is 9.05. The molecule has 0 unspecified atom stereocenters. The van der Waals surface area contributed by atoms with Crippen molar-refractivity contribution < 1.29 is 18.4 Å². The van der Waals surface area contributed by atoms with Crippen LogP contribution in [0.5, 0.6) is 0 Å². The van der Waals surface area contributed by atoms with Gasteiger partial charge in [0.15, 0.2) is 0 Å². The third-order valence-corrected chi connectivity index (χ3v) is 4.13. The van der Waals surface area contributed by atoms with Gasteiger partial charge in [0.05, 0.1) is 0 Å². The Morgan fingerprint density at radius 2 is 2.25 bits per heavy atom. The van der Waals surface area contributed by atoms with Crippen molar-refractivity contribution in [1.29, 1.82) is 0 Å². The maximum atomic E-state index is 13.5. The van der Waals surface area contributed by atoms with Crippen LogP contribution in [-0.4, -0.2) is 40.4 Å². The lowest BCUT2D eigenvalue weighted by Crippen LogP contribution is -2.28. The average Bonchev–Trinajstić information content (AvgIpc) is 3.12. The van der Waals surface area contributed by atoms with Gasteiger partial charge in [0.2, 0.25) is 5.91 Å². The summed E-state index contributed by atoms with van der Waals surface area (Å²) in [4.78, 5) is 28.8. The molecule has 2 aromatic heterocycles. The van der Waals surface area contributed by atoms with Gasteiger partial charge >= 0.3 is 0 Å². The highest BCUT2D eigenvalue weighted by Crippen LogP contribution is 2.24. The van der Waals surface area contributed by atoms with Crippen LogP contribution in [-0.2, 0) is 16.1 Å². The number of amides is 1.